The Bertz CT molecular complexity index is 1400. The lowest BCUT2D eigenvalue weighted by atomic mass is 9.85. The molecular weight excluding hydrogens is 462 g/mol. The van der Waals surface area contributed by atoms with Crippen molar-refractivity contribution < 1.29 is 23.9 Å². The average molecular weight is 486 g/mol. The molecule has 2 aliphatic heterocycles. The first-order valence-electron chi connectivity index (χ1n) is 11.3. The van der Waals surface area contributed by atoms with E-state index in [2.05, 4.69) is 15.6 Å². The van der Waals surface area contributed by atoms with Crippen LogP contribution in [-0.4, -0.2) is 47.3 Å². The monoisotopic (exact) mass is 485 g/mol. The Kier molecular flexibility index (Phi) is 5.63. The number of imide groups is 1. The smallest absolute Gasteiger partial charge is 0.322 e. The normalized spacial score (nSPS) is 18.6. The van der Waals surface area contributed by atoms with Gasteiger partial charge in [0.1, 0.15) is 17.0 Å². The first-order valence-corrected chi connectivity index (χ1v) is 11.3. The number of pyridine rings is 1. The number of benzene rings is 2. The number of primary amides is 1. The van der Waals surface area contributed by atoms with Gasteiger partial charge in [-0.2, -0.15) is 0 Å². The van der Waals surface area contributed by atoms with Crippen LogP contribution in [0.5, 0.6) is 5.75 Å². The molecule has 5 amide bonds. The number of nitrogens with two attached hydrogens (primary N) is 1. The Morgan fingerprint density at radius 3 is 2.53 bits per heavy atom. The standard InChI is InChI=1S/C26H23N5O5/c1-36-19-7-4-17-14-31(23(33)20(17)13-19)11-9-26(24(34)29-25(35)30-26)18-5-2-15(3-6-18)16-8-10-28-21(12-16)22(27)32/h2-8,10,12-13H,9,11,14H2,1H3,(H2,27,32)(H2,29,30,34,35)/t26-/m0/s1. The largest absolute Gasteiger partial charge is 0.497 e. The van der Waals surface area contributed by atoms with E-state index in [1.165, 1.54) is 6.20 Å². The lowest BCUT2D eigenvalue weighted by Gasteiger charge is -2.29. The molecule has 0 bridgehead atoms. The van der Waals surface area contributed by atoms with Crippen molar-refractivity contribution in [1.82, 2.24) is 20.5 Å². The number of nitrogens with zero attached hydrogens (tertiary/aromatic N) is 2. The molecule has 1 saturated heterocycles. The number of fused-ring (bicyclic) bond motifs is 1. The molecule has 0 radical (unpaired) electrons. The van der Waals surface area contributed by atoms with Gasteiger partial charge in [0, 0.05) is 31.3 Å². The third kappa shape index (κ3) is 3.92. The number of amides is 5. The second-order valence-electron chi connectivity index (χ2n) is 8.68. The van der Waals surface area contributed by atoms with Crippen LogP contribution in [-0.2, 0) is 16.9 Å². The highest BCUT2D eigenvalue weighted by molar-refractivity contribution is 6.07. The summed E-state index contributed by atoms with van der Waals surface area (Å²) in [4.78, 5) is 55.2. The van der Waals surface area contributed by atoms with Gasteiger partial charge in [0.05, 0.1) is 7.11 Å². The molecule has 2 aromatic carbocycles. The van der Waals surface area contributed by atoms with Gasteiger partial charge in [-0.3, -0.25) is 24.7 Å². The molecular formula is C26H23N5O5. The molecule has 1 fully saturated rings. The summed E-state index contributed by atoms with van der Waals surface area (Å²) in [6.45, 7) is 0.657. The molecule has 10 heteroatoms. The minimum atomic E-state index is -1.33. The van der Waals surface area contributed by atoms with E-state index >= 15 is 0 Å². The molecule has 0 unspecified atom stereocenters. The molecule has 3 aromatic rings. The predicted octanol–water partition coefficient (Wildman–Crippen LogP) is 1.94. The van der Waals surface area contributed by atoms with E-state index in [4.69, 9.17) is 10.5 Å². The molecule has 2 aliphatic rings. The summed E-state index contributed by atoms with van der Waals surface area (Å²) in [5.41, 5.74) is 7.68. The van der Waals surface area contributed by atoms with E-state index in [0.29, 0.717) is 23.4 Å². The predicted molar refractivity (Wildman–Crippen MR) is 129 cm³/mol. The van der Waals surface area contributed by atoms with Crippen LogP contribution >= 0.6 is 0 Å². The van der Waals surface area contributed by atoms with E-state index in [9.17, 15) is 19.2 Å². The van der Waals surface area contributed by atoms with Crippen molar-refractivity contribution in [3.63, 3.8) is 0 Å². The van der Waals surface area contributed by atoms with Crippen LogP contribution < -0.4 is 21.1 Å². The Morgan fingerprint density at radius 2 is 1.86 bits per heavy atom. The van der Waals surface area contributed by atoms with Crippen molar-refractivity contribution in [3.8, 4) is 16.9 Å². The molecule has 4 N–H and O–H groups in total. The van der Waals surface area contributed by atoms with E-state index in [-0.39, 0.29) is 24.6 Å². The van der Waals surface area contributed by atoms with Crippen LogP contribution in [0.3, 0.4) is 0 Å². The maximum Gasteiger partial charge on any atom is 0.322 e. The van der Waals surface area contributed by atoms with Gasteiger partial charge in [0.25, 0.3) is 17.7 Å². The third-order valence-corrected chi connectivity index (χ3v) is 6.62. The Balaban J connectivity index is 1.40. The average Bonchev–Trinajstić information content (AvgIpc) is 3.37. The van der Waals surface area contributed by atoms with Gasteiger partial charge in [-0.1, -0.05) is 30.3 Å². The van der Waals surface area contributed by atoms with E-state index in [1.54, 1.807) is 60.5 Å². The van der Waals surface area contributed by atoms with Crippen LogP contribution in [0, 0.1) is 0 Å². The number of hydrogen-bond donors (Lipinski definition) is 3. The molecule has 182 valence electrons. The van der Waals surface area contributed by atoms with Crippen molar-refractivity contribution in [2.45, 2.75) is 18.5 Å². The van der Waals surface area contributed by atoms with Gasteiger partial charge in [0.15, 0.2) is 0 Å². The lowest BCUT2D eigenvalue weighted by molar-refractivity contribution is -0.124. The summed E-state index contributed by atoms with van der Waals surface area (Å²) in [5.74, 6) is -0.664. The lowest BCUT2D eigenvalue weighted by Crippen LogP contribution is -2.46. The zero-order valence-corrected chi connectivity index (χ0v) is 19.4. The highest BCUT2D eigenvalue weighted by Gasteiger charge is 2.48. The van der Waals surface area contributed by atoms with Crippen LogP contribution in [0.4, 0.5) is 4.79 Å². The van der Waals surface area contributed by atoms with Crippen molar-refractivity contribution in [2.24, 2.45) is 5.73 Å². The second-order valence-corrected chi connectivity index (χ2v) is 8.68. The van der Waals surface area contributed by atoms with E-state index < -0.39 is 23.4 Å². The number of nitrogens with one attached hydrogen (secondary N) is 2. The number of carbonyl (C=O) groups excluding carboxylic acids is 4. The fourth-order valence-electron chi connectivity index (χ4n) is 4.66. The molecule has 1 aromatic heterocycles. The second kappa shape index (κ2) is 8.81. The van der Waals surface area contributed by atoms with E-state index in [0.717, 1.165) is 16.7 Å². The maximum absolute atomic E-state index is 13.0. The molecule has 36 heavy (non-hydrogen) atoms. The van der Waals surface area contributed by atoms with Gasteiger partial charge in [0.2, 0.25) is 0 Å². The number of ether oxygens (including phenoxy) is 1. The van der Waals surface area contributed by atoms with Gasteiger partial charge >= 0.3 is 6.03 Å². The summed E-state index contributed by atoms with van der Waals surface area (Å²) < 4.78 is 5.23. The van der Waals surface area contributed by atoms with Crippen molar-refractivity contribution >= 4 is 23.8 Å². The van der Waals surface area contributed by atoms with Gasteiger partial charge in [-0.05, 0) is 46.5 Å². The third-order valence-electron chi connectivity index (χ3n) is 6.62. The minimum absolute atomic E-state index is 0.143. The first-order chi connectivity index (χ1) is 17.3. The van der Waals surface area contributed by atoms with Crippen LogP contribution in [0.25, 0.3) is 11.1 Å². The van der Waals surface area contributed by atoms with Gasteiger partial charge in [-0.25, -0.2) is 4.79 Å². The first kappa shape index (κ1) is 23.0. The van der Waals surface area contributed by atoms with Crippen molar-refractivity contribution in [1.29, 1.82) is 0 Å². The van der Waals surface area contributed by atoms with Gasteiger partial charge in [-0.15, -0.1) is 0 Å². The molecule has 0 aliphatic carbocycles. The molecule has 1 atom stereocenters. The van der Waals surface area contributed by atoms with Crippen molar-refractivity contribution in [3.05, 3.63) is 83.2 Å². The maximum atomic E-state index is 13.0. The SMILES string of the molecule is COc1ccc2c(c1)C(=O)N(CC[C@@]1(c3ccc(-c4ccnc(C(N)=O)c4)cc3)NC(=O)NC1=O)C2. The van der Waals surface area contributed by atoms with Crippen LogP contribution in [0.2, 0.25) is 0 Å². The molecule has 3 heterocycles. The topological polar surface area (TPSA) is 144 Å². The molecule has 10 nitrogen and oxygen atoms in total. The zero-order valence-electron chi connectivity index (χ0n) is 19.4. The Morgan fingerprint density at radius 1 is 1.08 bits per heavy atom. The number of aromatic nitrogens is 1. The fourth-order valence-corrected chi connectivity index (χ4v) is 4.66. The number of urea groups is 1. The number of carbonyl (C=O) groups is 4. The van der Waals surface area contributed by atoms with E-state index in [1.807, 2.05) is 6.07 Å². The van der Waals surface area contributed by atoms with Crippen LogP contribution in [0.1, 0.15) is 38.4 Å². The summed E-state index contributed by atoms with van der Waals surface area (Å²) in [5, 5.41) is 5.09. The van der Waals surface area contributed by atoms with Crippen LogP contribution in [0.15, 0.2) is 60.8 Å². The Labute approximate surface area is 206 Å². The molecule has 5 rings (SSSR count). The molecule has 0 spiro atoms. The summed E-state index contributed by atoms with van der Waals surface area (Å²) in [7, 11) is 1.54. The summed E-state index contributed by atoms with van der Waals surface area (Å²) in [6, 6.07) is 15.2. The highest BCUT2D eigenvalue weighted by Crippen LogP contribution is 2.33. The fraction of sp³-hybridized carbons (Fsp3) is 0.192. The van der Waals surface area contributed by atoms with Crippen molar-refractivity contribution in [2.75, 3.05) is 13.7 Å². The summed E-state index contributed by atoms with van der Waals surface area (Å²) in [6.07, 6.45) is 1.68. The minimum Gasteiger partial charge on any atom is -0.497 e. The Hall–Kier alpha value is -4.73. The molecule has 0 saturated carbocycles. The summed E-state index contributed by atoms with van der Waals surface area (Å²) >= 11 is 0. The van der Waals surface area contributed by atoms with Gasteiger partial charge < -0.3 is 20.7 Å². The highest BCUT2D eigenvalue weighted by atomic mass is 16.5. The number of methoxy groups -OCH3 is 1. The quantitative estimate of drug-likeness (QED) is 0.436. The zero-order chi connectivity index (χ0) is 25.4. The number of hydrogen-bond acceptors (Lipinski definition) is 6. The number of rotatable bonds is 7.